The molecule has 3 rings (SSSR count). The molecule has 126 valence electrons. The third kappa shape index (κ3) is 3.76. The Morgan fingerprint density at radius 3 is 3.00 bits per heavy atom. The SMILES string of the molecule is O=C(NCC(O)c1ccccn1)C1CNNC1c1cccc(F)c1. The topological polar surface area (TPSA) is 86.3 Å². The van der Waals surface area contributed by atoms with E-state index in [1.165, 1.54) is 12.1 Å². The number of hydrazine groups is 1. The number of amides is 1. The van der Waals surface area contributed by atoms with Gasteiger partial charge >= 0.3 is 0 Å². The lowest BCUT2D eigenvalue weighted by Crippen LogP contribution is -2.37. The molecule has 1 aliphatic rings. The highest BCUT2D eigenvalue weighted by molar-refractivity contribution is 5.80. The Bertz CT molecular complexity index is 698. The second-order valence-electron chi connectivity index (χ2n) is 5.68. The number of aromatic nitrogens is 1. The molecule has 0 aliphatic carbocycles. The highest BCUT2D eigenvalue weighted by Crippen LogP contribution is 2.25. The van der Waals surface area contributed by atoms with Crippen molar-refractivity contribution < 1.29 is 14.3 Å². The molecule has 1 aromatic carbocycles. The fourth-order valence-corrected chi connectivity index (χ4v) is 2.76. The molecule has 4 N–H and O–H groups in total. The molecule has 2 aromatic rings. The smallest absolute Gasteiger partial charge is 0.226 e. The number of pyridine rings is 1. The van der Waals surface area contributed by atoms with Gasteiger partial charge in [-0.25, -0.2) is 9.82 Å². The van der Waals surface area contributed by atoms with Gasteiger partial charge in [0.15, 0.2) is 0 Å². The zero-order valence-corrected chi connectivity index (χ0v) is 12.9. The Morgan fingerprint density at radius 2 is 2.25 bits per heavy atom. The van der Waals surface area contributed by atoms with Gasteiger partial charge in [0.05, 0.1) is 17.7 Å². The summed E-state index contributed by atoms with van der Waals surface area (Å²) >= 11 is 0. The van der Waals surface area contributed by atoms with Crippen LogP contribution in [0.15, 0.2) is 48.7 Å². The minimum atomic E-state index is -0.870. The zero-order valence-electron chi connectivity index (χ0n) is 12.9. The van der Waals surface area contributed by atoms with Crippen molar-refractivity contribution in [2.75, 3.05) is 13.1 Å². The van der Waals surface area contributed by atoms with Crippen molar-refractivity contribution >= 4 is 5.91 Å². The van der Waals surface area contributed by atoms with Crippen LogP contribution in [0.1, 0.15) is 23.4 Å². The van der Waals surface area contributed by atoms with Crippen LogP contribution >= 0.6 is 0 Å². The Morgan fingerprint density at radius 1 is 1.38 bits per heavy atom. The summed E-state index contributed by atoms with van der Waals surface area (Å²) in [6.07, 6.45) is 0.718. The van der Waals surface area contributed by atoms with E-state index in [-0.39, 0.29) is 24.3 Å². The lowest BCUT2D eigenvalue weighted by Gasteiger charge is -2.19. The first-order valence-electron chi connectivity index (χ1n) is 7.75. The second-order valence-corrected chi connectivity index (χ2v) is 5.68. The van der Waals surface area contributed by atoms with E-state index in [4.69, 9.17) is 0 Å². The summed E-state index contributed by atoms with van der Waals surface area (Å²) in [5, 5.41) is 12.8. The first kappa shape index (κ1) is 16.5. The van der Waals surface area contributed by atoms with Crippen molar-refractivity contribution in [3.05, 3.63) is 65.7 Å². The van der Waals surface area contributed by atoms with E-state index in [9.17, 15) is 14.3 Å². The van der Waals surface area contributed by atoms with Crippen LogP contribution in [-0.4, -0.2) is 29.1 Å². The molecule has 1 aromatic heterocycles. The molecule has 7 heteroatoms. The minimum Gasteiger partial charge on any atom is -0.385 e. The van der Waals surface area contributed by atoms with Crippen molar-refractivity contribution in [2.45, 2.75) is 12.1 Å². The summed E-state index contributed by atoms with van der Waals surface area (Å²) in [5.74, 6) is -0.953. The molecule has 3 atom stereocenters. The van der Waals surface area contributed by atoms with Crippen LogP contribution in [0.3, 0.4) is 0 Å². The number of rotatable bonds is 5. The molecule has 0 spiro atoms. The molecule has 6 nitrogen and oxygen atoms in total. The van der Waals surface area contributed by atoms with Gasteiger partial charge in [-0.3, -0.25) is 15.2 Å². The quantitative estimate of drug-likeness (QED) is 0.653. The first-order valence-corrected chi connectivity index (χ1v) is 7.75. The molecule has 1 aliphatic heterocycles. The molecule has 0 saturated carbocycles. The summed E-state index contributed by atoms with van der Waals surface area (Å²) in [6.45, 7) is 0.495. The highest BCUT2D eigenvalue weighted by Gasteiger charge is 2.34. The number of nitrogens with zero attached hydrogens (tertiary/aromatic N) is 1. The lowest BCUT2D eigenvalue weighted by atomic mass is 9.94. The molecule has 3 unspecified atom stereocenters. The Balaban J connectivity index is 1.62. The Kier molecular flexibility index (Phi) is 5.14. The first-order chi connectivity index (χ1) is 11.6. The van der Waals surface area contributed by atoms with Crippen LogP contribution in [0.5, 0.6) is 0 Å². The van der Waals surface area contributed by atoms with E-state index in [0.717, 1.165) is 0 Å². The predicted octanol–water partition coefficient (Wildman–Crippen LogP) is 0.836. The largest absolute Gasteiger partial charge is 0.385 e. The summed E-state index contributed by atoms with van der Waals surface area (Å²) in [7, 11) is 0. The van der Waals surface area contributed by atoms with Crippen molar-refractivity contribution in [3.63, 3.8) is 0 Å². The zero-order chi connectivity index (χ0) is 16.9. The minimum absolute atomic E-state index is 0.0716. The van der Waals surface area contributed by atoms with Crippen LogP contribution in [0.25, 0.3) is 0 Å². The number of halogens is 1. The van der Waals surface area contributed by atoms with E-state index in [1.54, 1.807) is 36.5 Å². The van der Waals surface area contributed by atoms with Crippen LogP contribution in [0.2, 0.25) is 0 Å². The maximum absolute atomic E-state index is 13.4. The predicted molar refractivity (Wildman–Crippen MR) is 86.0 cm³/mol. The van der Waals surface area contributed by atoms with Gasteiger partial charge < -0.3 is 10.4 Å². The van der Waals surface area contributed by atoms with Gasteiger partial charge in [-0.05, 0) is 29.8 Å². The molecule has 0 bridgehead atoms. The van der Waals surface area contributed by atoms with Gasteiger partial charge in [0, 0.05) is 19.3 Å². The Hall–Kier alpha value is -2.35. The lowest BCUT2D eigenvalue weighted by molar-refractivity contribution is -0.125. The van der Waals surface area contributed by atoms with Gasteiger partial charge in [-0.1, -0.05) is 18.2 Å². The number of aliphatic hydroxyl groups excluding tert-OH is 1. The van der Waals surface area contributed by atoms with Crippen molar-refractivity contribution in [3.8, 4) is 0 Å². The average molecular weight is 330 g/mol. The number of aliphatic hydroxyl groups is 1. The fraction of sp³-hybridized carbons (Fsp3) is 0.294. The van der Waals surface area contributed by atoms with E-state index < -0.39 is 12.0 Å². The van der Waals surface area contributed by atoms with Crippen LogP contribution in [-0.2, 0) is 4.79 Å². The monoisotopic (exact) mass is 330 g/mol. The molecule has 0 radical (unpaired) electrons. The van der Waals surface area contributed by atoms with Gasteiger partial charge in [0.25, 0.3) is 0 Å². The summed E-state index contributed by atoms with van der Waals surface area (Å²) < 4.78 is 13.4. The normalized spacial score (nSPS) is 21.4. The van der Waals surface area contributed by atoms with Gasteiger partial charge in [0.1, 0.15) is 11.9 Å². The average Bonchev–Trinajstić information content (AvgIpc) is 3.10. The molecule has 24 heavy (non-hydrogen) atoms. The number of carbonyl (C=O) groups is 1. The van der Waals surface area contributed by atoms with Crippen LogP contribution < -0.4 is 16.2 Å². The standard InChI is InChI=1S/C17H19FN4O2/c18-12-5-3-4-11(8-12)16-13(9-21-22-16)17(24)20-10-15(23)14-6-1-2-7-19-14/h1-8,13,15-16,21-23H,9-10H2,(H,20,24). The van der Waals surface area contributed by atoms with Crippen LogP contribution in [0, 0.1) is 11.7 Å². The van der Waals surface area contributed by atoms with E-state index in [1.807, 2.05) is 0 Å². The molecule has 1 saturated heterocycles. The van der Waals surface area contributed by atoms with Gasteiger partial charge in [0.2, 0.25) is 5.91 Å². The number of nitrogens with one attached hydrogen (secondary N) is 3. The molecule has 1 amide bonds. The maximum Gasteiger partial charge on any atom is 0.226 e. The number of carbonyl (C=O) groups excluding carboxylic acids is 1. The summed E-state index contributed by atoms with van der Waals surface area (Å²) in [4.78, 5) is 16.5. The van der Waals surface area contributed by atoms with Gasteiger partial charge in [-0.2, -0.15) is 0 Å². The summed E-state index contributed by atoms with van der Waals surface area (Å²) in [5.41, 5.74) is 7.13. The van der Waals surface area contributed by atoms with E-state index >= 15 is 0 Å². The van der Waals surface area contributed by atoms with Crippen LogP contribution in [0.4, 0.5) is 4.39 Å². The molecular formula is C17H19FN4O2. The van der Waals surface area contributed by atoms with Gasteiger partial charge in [-0.15, -0.1) is 0 Å². The summed E-state index contributed by atoms with van der Waals surface area (Å²) in [6, 6.07) is 11.1. The maximum atomic E-state index is 13.4. The number of benzene rings is 1. The molecular weight excluding hydrogens is 311 g/mol. The van der Waals surface area contributed by atoms with Crippen molar-refractivity contribution in [1.82, 2.24) is 21.2 Å². The van der Waals surface area contributed by atoms with E-state index in [2.05, 4.69) is 21.2 Å². The Labute approximate surface area is 139 Å². The molecule has 2 heterocycles. The van der Waals surface area contributed by atoms with E-state index in [0.29, 0.717) is 17.8 Å². The fourth-order valence-electron chi connectivity index (χ4n) is 2.76. The molecule has 1 fully saturated rings. The number of hydrogen-bond acceptors (Lipinski definition) is 5. The number of hydrogen-bond donors (Lipinski definition) is 4. The van der Waals surface area contributed by atoms with Crippen molar-refractivity contribution in [2.24, 2.45) is 5.92 Å². The second kappa shape index (κ2) is 7.48. The highest BCUT2D eigenvalue weighted by atomic mass is 19.1. The third-order valence-electron chi connectivity index (χ3n) is 4.03. The third-order valence-corrected chi connectivity index (χ3v) is 4.03. The van der Waals surface area contributed by atoms with Crippen molar-refractivity contribution in [1.29, 1.82) is 0 Å².